The average Bonchev–Trinajstić information content (AvgIpc) is 1.40. The third-order valence-corrected chi connectivity index (χ3v) is 19.0. The van der Waals surface area contributed by atoms with Crippen LogP contribution in [0.15, 0.2) is 214 Å². The fraction of sp³-hybridized carbons (Fsp3) is 0.269. The number of H-pyrrole nitrogens is 2. The van der Waals surface area contributed by atoms with Gasteiger partial charge in [-0.25, -0.2) is 9.59 Å². The van der Waals surface area contributed by atoms with Gasteiger partial charge < -0.3 is 46.9 Å². The maximum Gasteiger partial charge on any atom is 0.330 e. The van der Waals surface area contributed by atoms with Gasteiger partial charge in [0, 0.05) is 42.6 Å². The molecule has 19 nitrogen and oxygen atoms in total. The topological polar surface area (TPSA) is 215 Å². The van der Waals surface area contributed by atoms with Gasteiger partial charge in [-0.3, -0.25) is 33.7 Å². The van der Waals surface area contributed by atoms with E-state index >= 15 is 0 Å². The molecule has 0 unspecified atom stereocenters. The van der Waals surface area contributed by atoms with E-state index in [0.29, 0.717) is 34.0 Å². The van der Waals surface area contributed by atoms with Gasteiger partial charge >= 0.3 is 11.4 Å². The van der Waals surface area contributed by atoms with Crippen LogP contribution in [-0.2, 0) is 51.0 Å². The predicted molar refractivity (Wildman–Crippen MR) is 334 cm³/mol. The minimum absolute atomic E-state index is 0.0307. The fourth-order valence-electron chi connectivity index (χ4n) is 11.4. The van der Waals surface area contributed by atoms with Crippen LogP contribution in [0.1, 0.15) is 69.8 Å². The Kier molecular flexibility index (Phi) is 18.3. The van der Waals surface area contributed by atoms with E-state index in [2.05, 4.69) is 9.97 Å². The number of rotatable bonds is 23. The number of ether oxygens (including phenoxy) is 8. The maximum atomic E-state index is 13.8. The van der Waals surface area contributed by atoms with Gasteiger partial charge in [0.15, 0.2) is 0 Å². The zero-order valence-corrected chi connectivity index (χ0v) is 50.9. The summed E-state index contributed by atoms with van der Waals surface area (Å²) in [7, 11) is 6.40. The molecule has 21 heteroatoms. The first-order valence-corrected chi connectivity index (χ1v) is 31.1. The second-order valence-corrected chi connectivity index (χ2v) is 24.7. The van der Waals surface area contributed by atoms with Crippen LogP contribution in [0.3, 0.4) is 0 Å². The standard InChI is InChI=1S/C67H66N5O14PS/c1-43-39-71(64(75)69-62(43)73)60-37-55(85-67(46-17-11-8-12-18-46,49-24-32-53(79-5)33-25-49)50-26-34-54(80-6)35-27-50)58(84-60)42-82-87(88,59-19-13-14-36-68-59)86-56-38-61(72-40-44(2)63(74)70-65(72)76)83-57(56)41-81-66(45-15-9-7-10-16-45,47-20-28-51(77-3)29-21-47)48-22-30-52(78-4)31-23-48/h7-36,39-40,55-58,60-61H,37-38,41-42H2,1-6H3,(H,69,73,75)(H,70,74,76)/t55-,56-,57+,58+,60+,61+,87-/m0/s1. The van der Waals surface area contributed by atoms with E-state index in [0.717, 1.165) is 33.4 Å². The summed E-state index contributed by atoms with van der Waals surface area (Å²) >= 11 is 6.70. The lowest BCUT2D eigenvalue weighted by Gasteiger charge is -2.39. The number of hydrogen-bond acceptors (Lipinski definition) is 16. The maximum absolute atomic E-state index is 13.8. The van der Waals surface area contributed by atoms with Crippen LogP contribution in [0, 0.1) is 13.8 Å². The van der Waals surface area contributed by atoms with Crippen molar-refractivity contribution in [1.82, 2.24) is 24.1 Å². The zero-order valence-electron chi connectivity index (χ0n) is 49.2. The van der Waals surface area contributed by atoms with Gasteiger partial charge in [0.25, 0.3) is 11.1 Å². The highest BCUT2D eigenvalue weighted by Gasteiger charge is 2.49. The molecule has 2 aliphatic rings. The summed E-state index contributed by atoms with van der Waals surface area (Å²) in [5.41, 5.74) is 0.308. The van der Waals surface area contributed by atoms with Crippen molar-refractivity contribution < 1.29 is 46.9 Å². The van der Waals surface area contributed by atoms with E-state index in [9.17, 15) is 19.2 Å². The summed E-state index contributed by atoms with van der Waals surface area (Å²) in [5.74, 6) is 2.53. The number of methoxy groups -OCH3 is 4. The Morgan fingerprint density at radius 3 is 1.32 bits per heavy atom. The van der Waals surface area contributed by atoms with Crippen molar-refractivity contribution in [3.8, 4) is 23.0 Å². The molecule has 0 bridgehead atoms. The summed E-state index contributed by atoms with van der Waals surface area (Å²) in [6.45, 7) is -1.09. The Balaban J connectivity index is 1.01. The molecule has 2 saturated heterocycles. The van der Waals surface area contributed by atoms with Crippen molar-refractivity contribution in [3.05, 3.63) is 281 Å². The molecule has 6 aromatic carbocycles. The largest absolute Gasteiger partial charge is 0.497 e. The molecule has 2 N–H and O–H groups in total. The van der Waals surface area contributed by atoms with Crippen LogP contribution in [0.25, 0.3) is 0 Å². The molecule has 0 saturated carbocycles. The van der Waals surface area contributed by atoms with Crippen LogP contribution >= 0.6 is 6.49 Å². The average molecular weight is 1230 g/mol. The molecule has 9 aromatic rings. The number of nitrogens with one attached hydrogen (secondary N) is 2. The number of aromatic nitrogens is 5. The van der Waals surface area contributed by atoms with Crippen LogP contribution in [-0.4, -0.2) is 90.2 Å². The number of nitrogens with zero attached hydrogens (tertiary/aromatic N) is 3. The molecule has 0 radical (unpaired) electrons. The van der Waals surface area contributed by atoms with E-state index < -0.39 is 77.1 Å². The van der Waals surface area contributed by atoms with Crippen molar-refractivity contribution in [2.24, 2.45) is 0 Å². The number of benzene rings is 6. The molecule has 454 valence electrons. The molecule has 2 fully saturated rings. The predicted octanol–water partition coefficient (Wildman–Crippen LogP) is 9.13. The highest BCUT2D eigenvalue weighted by atomic mass is 32.5. The van der Waals surface area contributed by atoms with Crippen LogP contribution in [0.2, 0.25) is 0 Å². The Hall–Kier alpha value is -8.56. The normalized spacial score (nSPS) is 19.2. The van der Waals surface area contributed by atoms with E-state index in [-0.39, 0.29) is 31.6 Å². The summed E-state index contributed by atoms with van der Waals surface area (Å²) in [6, 6.07) is 55.2. The SMILES string of the molecule is COc1ccc(C(OC[C@H]2O[C@@H](n3cc(C)c(=O)[nH]c3=O)C[C@@H]2O[P@@](=S)(OC[C@H]2O[C@@H](n3cc(C)c(=O)[nH]c3=O)C[C@@H]2OC(c2ccccc2)(c2ccc(OC)cc2)c2ccc(OC)cc2)c2ccccn2)(c2ccccc2)c2ccc(OC)cc2)cc1. The molecule has 11 rings (SSSR count). The lowest BCUT2D eigenvalue weighted by molar-refractivity contribution is -0.0993. The molecule has 88 heavy (non-hydrogen) atoms. The van der Waals surface area contributed by atoms with Crippen molar-refractivity contribution in [3.63, 3.8) is 0 Å². The Labute approximate surface area is 512 Å². The van der Waals surface area contributed by atoms with Gasteiger partial charge in [0.2, 0.25) is 6.49 Å². The summed E-state index contributed by atoms with van der Waals surface area (Å²) in [4.78, 5) is 62.8. The van der Waals surface area contributed by atoms with Crippen molar-refractivity contribution >= 4 is 23.7 Å². The van der Waals surface area contributed by atoms with E-state index in [4.69, 9.17) is 63.7 Å². The Morgan fingerprint density at radius 2 is 0.898 bits per heavy atom. The number of pyridine rings is 1. The molecule has 5 heterocycles. The molecular formula is C67H66N5O14PS. The highest BCUT2D eigenvalue weighted by molar-refractivity contribution is 8.13. The van der Waals surface area contributed by atoms with Gasteiger partial charge in [-0.2, -0.15) is 0 Å². The lowest BCUT2D eigenvalue weighted by Crippen LogP contribution is -2.41. The number of aromatic amines is 2. The van der Waals surface area contributed by atoms with Gasteiger partial charge in [-0.15, -0.1) is 0 Å². The molecule has 0 amide bonds. The van der Waals surface area contributed by atoms with Crippen LogP contribution < -0.4 is 46.9 Å². The molecular weight excluding hydrogens is 1160 g/mol. The van der Waals surface area contributed by atoms with E-state index in [1.807, 2.05) is 158 Å². The molecule has 7 atom stereocenters. The van der Waals surface area contributed by atoms with E-state index in [1.165, 1.54) is 21.5 Å². The zero-order chi connectivity index (χ0) is 61.6. The Bertz CT molecular complexity index is 4040. The Morgan fingerprint density at radius 1 is 0.511 bits per heavy atom. The summed E-state index contributed by atoms with van der Waals surface area (Å²) < 4.78 is 68.6. The molecule has 3 aromatic heterocycles. The second kappa shape index (κ2) is 26.4. The third-order valence-electron chi connectivity index (χ3n) is 16.0. The summed E-state index contributed by atoms with van der Waals surface area (Å²) in [6.07, 6.45) is -1.18. The van der Waals surface area contributed by atoms with Crippen LogP contribution in [0.5, 0.6) is 23.0 Å². The quantitative estimate of drug-likeness (QED) is 0.0451. The van der Waals surface area contributed by atoms with Crippen molar-refractivity contribution in [2.45, 2.75) is 74.8 Å². The van der Waals surface area contributed by atoms with Crippen molar-refractivity contribution in [2.75, 3.05) is 41.7 Å². The van der Waals surface area contributed by atoms with Crippen LogP contribution in [0.4, 0.5) is 0 Å². The second-order valence-electron chi connectivity index (χ2n) is 21.3. The van der Waals surface area contributed by atoms with Gasteiger partial charge in [0.05, 0.1) is 53.9 Å². The van der Waals surface area contributed by atoms with Crippen molar-refractivity contribution in [1.29, 1.82) is 0 Å². The first-order valence-electron chi connectivity index (χ1n) is 28.5. The first kappa shape index (κ1) is 61.1. The number of aryl methyl sites for hydroxylation is 2. The third kappa shape index (κ3) is 12.3. The van der Waals surface area contributed by atoms with Gasteiger partial charge in [0.1, 0.15) is 64.3 Å². The van der Waals surface area contributed by atoms with Gasteiger partial charge in [-0.1, -0.05) is 115 Å². The molecule has 0 aliphatic carbocycles. The monoisotopic (exact) mass is 1230 g/mol. The molecule has 2 aliphatic heterocycles. The minimum Gasteiger partial charge on any atom is -0.497 e. The van der Waals surface area contributed by atoms with Gasteiger partial charge in [-0.05, 0) is 120 Å². The fourth-order valence-corrected chi connectivity index (χ4v) is 14.0. The molecule has 0 spiro atoms. The highest BCUT2D eigenvalue weighted by Crippen LogP contribution is 2.53. The first-order chi connectivity index (χ1) is 42.7. The lowest BCUT2D eigenvalue weighted by atomic mass is 9.79. The minimum atomic E-state index is -3.87. The van der Waals surface area contributed by atoms with E-state index in [1.54, 1.807) is 66.7 Å². The smallest absolute Gasteiger partial charge is 0.330 e. The number of hydrogen-bond donors (Lipinski definition) is 2. The summed E-state index contributed by atoms with van der Waals surface area (Å²) in [5, 5.41) is 0.